The zero-order valence-corrected chi connectivity index (χ0v) is 38.1. The zero-order valence-electron chi connectivity index (χ0n) is 38.1. The zero-order chi connectivity index (χ0) is 46.2. The fraction of sp³-hybridized carbons (Fsp3) is 0.380. The molecule has 3 fully saturated rings. The van der Waals surface area contributed by atoms with Gasteiger partial charge in [0.25, 0.3) is 5.91 Å². The van der Waals surface area contributed by atoms with Crippen molar-refractivity contribution < 1.29 is 24.3 Å². The van der Waals surface area contributed by atoms with E-state index in [1.807, 2.05) is 72.3 Å². The molecule has 5 heterocycles. The molecule has 0 radical (unpaired) electrons. The average Bonchev–Trinajstić information content (AvgIpc) is 3.62. The van der Waals surface area contributed by atoms with Gasteiger partial charge in [0.2, 0.25) is 11.8 Å². The topological polar surface area (TPSA) is 159 Å². The highest BCUT2D eigenvalue weighted by molar-refractivity contribution is 6.13. The van der Waals surface area contributed by atoms with Gasteiger partial charge in [0.1, 0.15) is 23.8 Å². The van der Waals surface area contributed by atoms with E-state index in [0.717, 1.165) is 40.9 Å². The van der Waals surface area contributed by atoms with Crippen LogP contribution in [0.4, 0.5) is 16.3 Å². The summed E-state index contributed by atoms with van der Waals surface area (Å²) < 4.78 is 1.89. The minimum Gasteiger partial charge on any atom is -0.508 e. The summed E-state index contributed by atoms with van der Waals surface area (Å²) in [5, 5.41) is 23.6. The number of aromatic nitrogens is 2. The Bertz CT molecular complexity index is 2560. The summed E-state index contributed by atoms with van der Waals surface area (Å²) in [4.78, 5) is 67.5. The number of benzene rings is 3. The number of pyridine rings is 1. The molecule has 3 aliphatic heterocycles. The second-order valence-electron chi connectivity index (χ2n) is 18.8. The van der Waals surface area contributed by atoms with Gasteiger partial charge in [-0.2, -0.15) is 0 Å². The van der Waals surface area contributed by atoms with Gasteiger partial charge in [0.15, 0.2) is 0 Å². The van der Waals surface area contributed by atoms with E-state index >= 15 is 0 Å². The summed E-state index contributed by atoms with van der Waals surface area (Å²) >= 11 is 0. The fourth-order valence-corrected chi connectivity index (χ4v) is 10.1. The quantitative estimate of drug-likeness (QED) is 0.105. The average molecular weight is 881 g/mol. The standard InChI is InChI=1S/C50H60N10O5/c1-8-23-58-32-44(62)59-41(24-33-17-20-38(61)21-18-33)47(64)57(31-43(59)60(58)48(65)52-27-34-13-10-9-11-14-34)29-35-15-12-16-39-40(30-55(6)45(35)39)46(63)54-36-19-22-42(51-28-36)53-37-25-49(2,3)56(7)50(4,5)26-37/h8-22,28,30,37,41,43,61H,1,23-27,29,31-32H2,2-7H3,(H,51,53)(H,52,65)(H,54,63). The number of carbonyl (C=O) groups excluding carboxylic acids is 4. The Balaban J connectivity index is 1.05. The number of carbonyl (C=O) groups is 4. The summed E-state index contributed by atoms with van der Waals surface area (Å²) in [5.74, 6) is -0.0229. The van der Waals surface area contributed by atoms with Crippen LogP contribution in [0, 0.1) is 0 Å². The van der Waals surface area contributed by atoms with Crippen LogP contribution in [0.15, 0.2) is 110 Å². The van der Waals surface area contributed by atoms with E-state index in [1.165, 1.54) is 0 Å². The van der Waals surface area contributed by atoms with Gasteiger partial charge in [-0.3, -0.25) is 19.3 Å². The molecule has 340 valence electrons. The van der Waals surface area contributed by atoms with Gasteiger partial charge in [-0.15, -0.1) is 6.58 Å². The third-order valence-electron chi connectivity index (χ3n) is 13.4. The van der Waals surface area contributed by atoms with E-state index in [4.69, 9.17) is 0 Å². The molecule has 3 saturated heterocycles. The lowest BCUT2D eigenvalue weighted by Gasteiger charge is -2.55. The molecule has 5 aromatic rings. The highest BCUT2D eigenvalue weighted by Crippen LogP contribution is 2.38. The van der Waals surface area contributed by atoms with Crippen LogP contribution in [0.3, 0.4) is 0 Å². The first-order valence-corrected chi connectivity index (χ1v) is 22.2. The van der Waals surface area contributed by atoms with Gasteiger partial charge in [0.05, 0.1) is 36.1 Å². The number of nitrogens with one attached hydrogen (secondary N) is 3. The number of aromatic hydroxyl groups is 1. The number of hydrazine groups is 1. The maximum Gasteiger partial charge on any atom is 0.334 e. The number of amides is 5. The number of para-hydroxylation sites is 1. The van der Waals surface area contributed by atoms with Gasteiger partial charge >= 0.3 is 6.03 Å². The summed E-state index contributed by atoms with van der Waals surface area (Å²) in [7, 11) is 4.06. The molecule has 3 aromatic carbocycles. The molecule has 0 saturated carbocycles. The van der Waals surface area contributed by atoms with Gasteiger partial charge in [-0.05, 0) is 88.5 Å². The van der Waals surface area contributed by atoms with Crippen molar-refractivity contribution in [2.45, 2.75) is 89.4 Å². The van der Waals surface area contributed by atoms with Gasteiger partial charge in [-0.1, -0.05) is 66.7 Å². The van der Waals surface area contributed by atoms with Crippen molar-refractivity contribution >= 4 is 46.2 Å². The summed E-state index contributed by atoms with van der Waals surface area (Å²) in [6.07, 6.45) is 6.36. The van der Waals surface area contributed by atoms with E-state index in [2.05, 4.69) is 67.2 Å². The van der Waals surface area contributed by atoms with Crippen LogP contribution >= 0.6 is 0 Å². The van der Waals surface area contributed by atoms with Crippen LogP contribution < -0.4 is 16.0 Å². The number of phenolic OH excluding ortho intramolecular Hbond substituents is 1. The number of hydrogen-bond acceptors (Lipinski definition) is 9. The molecule has 0 spiro atoms. The highest BCUT2D eigenvalue weighted by atomic mass is 16.3. The number of hydrogen-bond donors (Lipinski definition) is 4. The molecule has 8 rings (SSSR count). The van der Waals surface area contributed by atoms with Crippen LogP contribution in [0.2, 0.25) is 0 Å². The Labute approximate surface area is 380 Å². The number of anilines is 2. The summed E-state index contributed by atoms with van der Waals surface area (Å²) in [5.41, 5.74) is 4.29. The molecule has 65 heavy (non-hydrogen) atoms. The number of nitrogens with zero attached hydrogens (tertiary/aromatic N) is 7. The van der Waals surface area contributed by atoms with Crippen molar-refractivity contribution in [3.63, 3.8) is 0 Å². The summed E-state index contributed by atoms with van der Waals surface area (Å²) in [6.45, 7) is 13.5. The number of fused-ring (bicyclic) bond motifs is 2. The Kier molecular flexibility index (Phi) is 12.5. The SMILES string of the molecule is C=CCN1CC(=O)N2C(Cc3ccc(O)cc3)C(=O)N(Cc3cccc4c(C(=O)Nc5ccc(NC6CC(C)(C)N(C)C(C)(C)C6)nc5)cn(C)c34)CC2N1C(=O)NCc1ccccc1. The van der Waals surface area contributed by atoms with Crippen molar-refractivity contribution in [1.29, 1.82) is 0 Å². The van der Waals surface area contributed by atoms with Crippen LogP contribution in [-0.4, -0.2) is 119 Å². The second kappa shape index (κ2) is 18.0. The normalized spacial score (nSPS) is 20.1. The molecular formula is C50H60N10O5. The molecular weight excluding hydrogens is 821 g/mol. The van der Waals surface area contributed by atoms with Crippen molar-refractivity contribution in [2.75, 3.05) is 37.3 Å². The van der Waals surface area contributed by atoms with E-state index in [-0.39, 0.29) is 79.7 Å². The number of phenols is 1. The van der Waals surface area contributed by atoms with Gasteiger partial charge in [-0.25, -0.2) is 19.8 Å². The molecule has 5 amide bonds. The molecule has 15 heteroatoms. The Hall–Kier alpha value is -6.71. The minimum atomic E-state index is -0.951. The molecule has 0 aliphatic carbocycles. The second-order valence-corrected chi connectivity index (χ2v) is 18.8. The number of aryl methyl sites for hydroxylation is 1. The maximum atomic E-state index is 14.8. The predicted octanol–water partition coefficient (Wildman–Crippen LogP) is 6.33. The van der Waals surface area contributed by atoms with E-state index in [1.54, 1.807) is 62.6 Å². The van der Waals surface area contributed by atoms with Crippen molar-refractivity contribution in [1.82, 2.24) is 39.6 Å². The molecule has 2 unspecified atom stereocenters. The summed E-state index contributed by atoms with van der Waals surface area (Å²) in [6, 6.07) is 24.5. The third-order valence-corrected chi connectivity index (χ3v) is 13.4. The van der Waals surface area contributed by atoms with Crippen LogP contribution in [0.25, 0.3) is 10.9 Å². The smallest absolute Gasteiger partial charge is 0.334 e. The molecule has 15 nitrogen and oxygen atoms in total. The first-order chi connectivity index (χ1) is 31.0. The minimum absolute atomic E-state index is 0.0262. The first kappa shape index (κ1) is 44.9. The van der Waals surface area contributed by atoms with Gasteiger partial charge < -0.3 is 35.4 Å². The molecule has 0 bridgehead atoms. The van der Waals surface area contributed by atoms with Crippen molar-refractivity contribution in [3.05, 3.63) is 132 Å². The Morgan fingerprint density at radius 2 is 1.63 bits per heavy atom. The van der Waals surface area contributed by atoms with E-state index < -0.39 is 18.2 Å². The van der Waals surface area contributed by atoms with Crippen molar-refractivity contribution in [3.8, 4) is 5.75 Å². The van der Waals surface area contributed by atoms with E-state index in [0.29, 0.717) is 16.6 Å². The highest BCUT2D eigenvalue weighted by Gasteiger charge is 2.51. The van der Waals surface area contributed by atoms with Gasteiger partial charge in [0, 0.05) is 61.8 Å². The Morgan fingerprint density at radius 3 is 2.31 bits per heavy atom. The van der Waals surface area contributed by atoms with Crippen LogP contribution in [0.5, 0.6) is 5.75 Å². The lowest BCUT2D eigenvalue weighted by molar-refractivity contribution is -0.189. The number of rotatable bonds is 12. The first-order valence-electron chi connectivity index (χ1n) is 22.2. The molecule has 4 N–H and O–H groups in total. The van der Waals surface area contributed by atoms with E-state index in [9.17, 15) is 24.3 Å². The maximum absolute atomic E-state index is 14.8. The van der Waals surface area contributed by atoms with Crippen LogP contribution in [0.1, 0.15) is 67.6 Å². The lowest BCUT2D eigenvalue weighted by atomic mass is 9.77. The number of likely N-dealkylation sites (tertiary alicyclic amines) is 1. The predicted molar refractivity (Wildman–Crippen MR) is 252 cm³/mol. The number of urea groups is 1. The Morgan fingerprint density at radius 1 is 0.908 bits per heavy atom. The number of piperidine rings is 1. The van der Waals surface area contributed by atoms with Crippen LogP contribution in [-0.2, 0) is 36.1 Å². The monoisotopic (exact) mass is 880 g/mol. The third kappa shape index (κ3) is 9.29. The molecule has 2 atom stereocenters. The number of piperazine rings is 1. The fourth-order valence-electron chi connectivity index (χ4n) is 10.1. The van der Waals surface area contributed by atoms with Crippen molar-refractivity contribution in [2.24, 2.45) is 7.05 Å². The largest absolute Gasteiger partial charge is 0.508 e. The molecule has 2 aromatic heterocycles. The molecule has 3 aliphatic rings. The lowest BCUT2D eigenvalue weighted by Crippen LogP contribution is -2.76.